The Hall–Kier alpha value is -1.44. The molecule has 0 saturated heterocycles. The molecule has 1 aromatic heterocycles. The SMILES string of the molecule is Cc1cc2nccnc2cc1C(C)C. The van der Waals surface area contributed by atoms with Gasteiger partial charge < -0.3 is 0 Å². The first-order chi connectivity index (χ1) is 6.68. The second kappa shape index (κ2) is 3.37. The Morgan fingerprint density at radius 3 is 2.14 bits per heavy atom. The van der Waals surface area contributed by atoms with Crippen LogP contribution < -0.4 is 0 Å². The maximum Gasteiger partial charge on any atom is 0.0889 e. The van der Waals surface area contributed by atoms with Crippen LogP contribution in [0.1, 0.15) is 30.9 Å². The van der Waals surface area contributed by atoms with Gasteiger partial charge in [0, 0.05) is 12.4 Å². The fourth-order valence-corrected chi connectivity index (χ4v) is 1.75. The van der Waals surface area contributed by atoms with Gasteiger partial charge in [0.1, 0.15) is 0 Å². The molecule has 0 fully saturated rings. The molecule has 0 spiro atoms. The lowest BCUT2D eigenvalue weighted by atomic mass is 9.97. The van der Waals surface area contributed by atoms with E-state index in [4.69, 9.17) is 0 Å². The van der Waals surface area contributed by atoms with Crippen LogP contribution in [0.25, 0.3) is 11.0 Å². The van der Waals surface area contributed by atoms with E-state index in [1.165, 1.54) is 11.1 Å². The second-order valence-corrected chi connectivity index (χ2v) is 3.91. The normalized spacial score (nSPS) is 11.1. The fourth-order valence-electron chi connectivity index (χ4n) is 1.75. The highest BCUT2D eigenvalue weighted by Crippen LogP contribution is 2.22. The molecule has 0 amide bonds. The molecule has 0 N–H and O–H groups in total. The summed E-state index contributed by atoms with van der Waals surface area (Å²) in [5.41, 5.74) is 4.63. The zero-order valence-electron chi connectivity index (χ0n) is 8.78. The minimum absolute atomic E-state index is 0.543. The molecule has 0 radical (unpaired) electrons. The second-order valence-electron chi connectivity index (χ2n) is 3.91. The van der Waals surface area contributed by atoms with Crippen LogP contribution in [0.15, 0.2) is 24.5 Å². The van der Waals surface area contributed by atoms with Gasteiger partial charge >= 0.3 is 0 Å². The van der Waals surface area contributed by atoms with Crippen molar-refractivity contribution in [3.05, 3.63) is 35.7 Å². The van der Waals surface area contributed by atoms with Crippen LogP contribution in [0.4, 0.5) is 0 Å². The summed E-state index contributed by atoms with van der Waals surface area (Å²) >= 11 is 0. The van der Waals surface area contributed by atoms with E-state index < -0.39 is 0 Å². The van der Waals surface area contributed by atoms with Gasteiger partial charge in [-0.15, -0.1) is 0 Å². The smallest absolute Gasteiger partial charge is 0.0889 e. The van der Waals surface area contributed by atoms with Crippen LogP contribution in [0.3, 0.4) is 0 Å². The lowest BCUT2D eigenvalue weighted by Gasteiger charge is -2.10. The molecule has 2 nitrogen and oxygen atoms in total. The van der Waals surface area contributed by atoms with Crippen molar-refractivity contribution < 1.29 is 0 Å². The quantitative estimate of drug-likeness (QED) is 0.684. The number of hydrogen-bond acceptors (Lipinski definition) is 2. The van der Waals surface area contributed by atoms with E-state index in [0.717, 1.165) is 11.0 Å². The van der Waals surface area contributed by atoms with Crippen LogP contribution in [-0.2, 0) is 0 Å². The largest absolute Gasteiger partial charge is 0.253 e. The number of hydrogen-bond donors (Lipinski definition) is 0. The first-order valence-corrected chi connectivity index (χ1v) is 4.90. The standard InChI is InChI=1S/C12H14N2/c1-8(2)10-7-12-11(6-9(10)3)13-4-5-14-12/h4-8H,1-3H3. The molecule has 0 saturated carbocycles. The summed E-state index contributed by atoms with van der Waals surface area (Å²) in [6.45, 7) is 6.53. The summed E-state index contributed by atoms with van der Waals surface area (Å²) < 4.78 is 0. The van der Waals surface area contributed by atoms with Gasteiger partial charge in [-0.3, -0.25) is 9.97 Å². The van der Waals surface area contributed by atoms with E-state index in [1.807, 2.05) is 0 Å². The zero-order valence-corrected chi connectivity index (χ0v) is 8.78. The average molecular weight is 186 g/mol. The maximum atomic E-state index is 4.30. The first kappa shape index (κ1) is 9.13. The van der Waals surface area contributed by atoms with Gasteiger partial charge in [0.05, 0.1) is 11.0 Å². The third kappa shape index (κ3) is 1.48. The van der Waals surface area contributed by atoms with Crippen LogP contribution in [0, 0.1) is 6.92 Å². The Kier molecular flexibility index (Phi) is 2.20. The van der Waals surface area contributed by atoms with Gasteiger partial charge in [-0.25, -0.2) is 0 Å². The number of nitrogens with zero attached hydrogens (tertiary/aromatic N) is 2. The third-order valence-corrected chi connectivity index (χ3v) is 2.48. The van der Waals surface area contributed by atoms with E-state index >= 15 is 0 Å². The zero-order chi connectivity index (χ0) is 10.1. The minimum atomic E-state index is 0.543. The van der Waals surface area contributed by atoms with Crippen molar-refractivity contribution in [2.45, 2.75) is 26.7 Å². The molecule has 0 aliphatic carbocycles. The van der Waals surface area contributed by atoms with Crippen LogP contribution >= 0.6 is 0 Å². The van der Waals surface area contributed by atoms with Crippen LogP contribution in [0.2, 0.25) is 0 Å². The van der Waals surface area contributed by atoms with Crippen molar-refractivity contribution in [3.8, 4) is 0 Å². The molecule has 2 heteroatoms. The lowest BCUT2D eigenvalue weighted by molar-refractivity contribution is 0.858. The van der Waals surface area contributed by atoms with Crippen molar-refractivity contribution >= 4 is 11.0 Å². The van der Waals surface area contributed by atoms with Crippen molar-refractivity contribution in [1.82, 2.24) is 9.97 Å². The molecular formula is C12H14N2. The molecular weight excluding hydrogens is 172 g/mol. The summed E-state index contributed by atoms with van der Waals surface area (Å²) in [6.07, 6.45) is 3.47. The Labute approximate surface area is 84.0 Å². The predicted octanol–water partition coefficient (Wildman–Crippen LogP) is 3.06. The van der Waals surface area contributed by atoms with Crippen LogP contribution in [-0.4, -0.2) is 9.97 Å². The van der Waals surface area contributed by atoms with Crippen molar-refractivity contribution in [2.75, 3.05) is 0 Å². The molecule has 1 aromatic carbocycles. The Balaban J connectivity index is 2.71. The van der Waals surface area contributed by atoms with Gasteiger partial charge in [0.2, 0.25) is 0 Å². The van der Waals surface area contributed by atoms with E-state index in [2.05, 4.69) is 42.9 Å². The van der Waals surface area contributed by atoms with E-state index in [0.29, 0.717) is 5.92 Å². The highest BCUT2D eigenvalue weighted by Gasteiger charge is 2.05. The monoisotopic (exact) mass is 186 g/mol. The molecule has 1 heterocycles. The van der Waals surface area contributed by atoms with Gasteiger partial charge in [0.15, 0.2) is 0 Å². The Morgan fingerprint density at radius 1 is 1.00 bits per heavy atom. The van der Waals surface area contributed by atoms with Gasteiger partial charge in [-0.2, -0.15) is 0 Å². The molecule has 0 aliphatic heterocycles. The topological polar surface area (TPSA) is 25.8 Å². The summed E-state index contributed by atoms with van der Waals surface area (Å²) in [7, 11) is 0. The molecule has 2 aromatic rings. The van der Waals surface area contributed by atoms with Gasteiger partial charge in [0.25, 0.3) is 0 Å². The number of rotatable bonds is 1. The number of fused-ring (bicyclic) bond motifs is 1. The van der Waals surface area contributed by atoms with E-state index in [9.17, 15) is 0 Å². The van der Waals surface area contributed by atoms with Crippen molar-refractivity contribution in [3.63, 3.8) is 0 Å². The van der Waals surface area contributed by atoms with Gasteiger partial charge in [-0.05, 0) is 36.1 Å². The molecule has 0 bridgehead atoms. The van der Waals surface area contributed by atoms with Gasteiger partial charge in [-0.1, -0.05) is 13.8 Å². The van der Waals surface area contributed by atoms with Crippen molar-refractivity contribution in [1.29, 1.82) is 0 Å². The highest BCUT2D eigenvalue weighted by molar-refractivity contribution is 5.75. The minimum Gasteiger partial charge on any atom is -0.253 e. The number of aromatic nitrogens is 2. The molecule has 72 valence electrons. The lowest BCUT2D eigenvalue weighted by Crippen LogP contribution is -1.93. The third-order valence-electron chi connectivity index (χ3n) is 2.48. The molecule has 0 aliphatic rings. The fraction of sp³-hybridized carbons (Fsp3) is 0.333. The summed E-state index contributed by atoms with van der Waals surface area (Å²) in [6, 6.07) is 4.25. The Morgan fingerprint density at radius 2 is 1.57 bits per heavy atom. The van der Waals surface area contributed by atoms with E-state index in [1.54, 1.807) is 12.4 Å². The predicted molar refractivity (Wildman–Crippen MR) is 58.4 cm³/mol. The summed E-state index contributed by atoms with van der Waals surface area (Å²) in [5.74, 6) is 0.543. The highest BCUT2D eigenvalue weighted by atomic mass is 14.8. The number of aryl methyl sites for hydroxylation is 1. The molecule has 0 unspecified atom stereocenters. The van der Waals surface area contributed by atoms with E-state index in [-0.39, 0.29) is 0 Å². The van der Waals surface area contributed by atoms with Crippen molar-refractivity contribution in [2.24, 2.45) is 0 Å². The molecule has 14 heavy (non-hydrogen) atoms. The summed E-state index contributed by atoms with van der Waals surface area (Å²) in [4.78, 5) is 8.58. The van der Waals surface area contributed by atoms with Crippen LogP contribution in [0.5, 0.6) is 0 Å². The number of benzene rings is 1. The maximum absolute atomic E-state index is 4.30. The molecule has 0 atom stereocenters. The Bertz CT molecular complexity index is 461. The molecule has 2 rings (SSSR count). The summed E-state index contributed by atoms with van der Waals surface area (Å²) in [5, 5.41) is 0. The average Bonchev–Trinajstić information content (AvgIpc) is 2.16. The first-order valence-electron chi connectivity index (χ1n) is 4.90.